The zero-order chi connectivity index (χ0) is 29.5. The Morgan fingerprint density at radius 2 is 1.73 bits per heavy atom. The number of carbonyl (C=O) groups is 3. The van der Waals surface area contributed by atoms with Gasteiger partial charge in [0.2, 0.25) is 0 Å². The number of carbonyl (C=O) groups excluding carboxylic acids is 2. The Hall–Kier alpha value is -3.95. The average molecular weight is 612 g/mol. The van der Waals surface area contributed by atoms with E-state index in [9.17, 15) is 19.5 Å². The predicted octanol–water partition coefficient (Wildman–Crippen LogP) is 5.75. The molecule has 0 saturated carbocycles. The van der Waals surface area contributed by atoms with Gasteiger partial charge < -0.3 is 9.67 Å². The number of rotatable bonds is 6. The van der Waals surface area contributed by atoms with Crippen LogP contribution in [0.1, 0.15) is 27.9 Å². The second-order valence-electron chi connectivity index (χ2n) is 9.68. The number of carboxylic acids is 1. The van der Waals surface area contributed by atoms with Crippen LogP contribution in [0.3, 0.4) is 0 Å². The van der Waals surface area contributed by atoms with Gasteiger partial charge >= 0.3 is 17.8 Å². The molecule has 8 nitrogen and oxygen atoms in total. The molecule has 2 heterocycles. The molecule has 0 bridgehead atoms. The number of fused-ring (bicyclic) bond motifs is 1. The molecule has 2 atom stereocenters. The Labute approximate surface area is 250 Å². The Bertz CT molecular complexity index is 1730. The van der Waals surface area contributed by atoms with Crippen LogP contribution in [0.4, 0.5) is 5.69 Å². The Morgan fingerprint density at radius 1 is 1.02 bits per heavy atom. The molecule has 0 aliphatic carbocycles. The standard InChI is InChI=1S/C30H22Cl3N3O5/c1-35-17-34-15-26(35)30(16-31,19-6-9-21(32)10-7-19)20-8-11-25-24(13-20)23(18-4-3-5-22(33)12-18)14-27(37)36(25,2)41-29(40)28(38)39/h3-15,17H,16H2,1-2H3/p+1. The average Bonchev–Trinajstić information content (AvgIpc) is 3.38. The molecule has 41 heavy (non-hydrogen) atoms. The van der Waals surface area contributed by atoms with Crippen LogP contribution in [-0.4, -0.2) is 45.4 Å². The number of nitrogens with zero attached hydrogens (tertiary/aromatic N) is 3. The van der Waals surface area contributed by atoms with Crippen molar-refractivity contribution < 1.29 is 24.3 Å². The Balaban J connectivity index is 1.82. The summed E-state index contributed by atoms with van der Waals surface area (Å²) >= 11 is 19.4. The molecular formula is C30H23Cl3N3O5+. The van der Waals surface area contributed by atoms with Gasteiger partial charge in [0.25, 0.3) is 0 Å². The van der Waals surface area contributed by atoms with Crippen LogP contribution in [0.25, 0.3) is 5.57 Å². The van der Waals surface area contributed by atoms with E-state index < -0.39 is 27.9 Å². The minimum atomic E-state index is -1.82. The molecule has 0 saturated heterocycles. The number of aliphatic carboxylic acids is 1. The zero-order valence-corrected chi connectivity index (χ0v) is 24.1. The number of quaternary nitrogens is 1. The number of halogens is 3. The van der Waals surface area contributed by atoms with Gasteiger partial charge in [-0.3, -0.25) is 4.84 Å². The van der Waals surface area contributed by atoms with Gasteiger partial charge in [0.1, 0.15) is 7.05 Å². The van der Waals surface area contributed by atoms with Crippen molar-refractivity contribution in [1.82, 2.24) is 14.2 Å². The summed E-state index contributed by atoms with van der Waals surface area (Å²) in [6.45, 7) is 0. The number of aromatic nitrogens is 2. The van der Waals surface area contributed by atoms with E-state index in [1.165, 1.54) is 13.1 Å². The second kappa shape index (κ2) is 10.8. The minimum absolute atomic E-state index is 0.113. The quantitative estimate of drug-likeness (QED) is 0.169. The highest BCUT2D eigenvalue weighted by Gasteiger charge is 2.48. The maximum absolute atomic E-state index is 13.5. The van der Waals surface area contributed by atoms with E-state index in [0.29, 0.717) is 26.7 Å². The van der Waals surface area contributed by atoms with Crippen molar-refractivity contribution in [2.45, 2.75) is 5.41 Å². The third-order valence-electron chi connectivity index (χ3n) is 7.29. The van der Waals surface area contributed by atoms with Crippen LogP contribution in [0.15, 0.2) is 85.3 Å². The first kappa shape index (κ1) is 28.6. The van der Waals surface area contributed by atoms with Gasteiger partial charge in [0.05, 0.1) is 23.5 Å². The summed E-state index contributed by atoms with van der Waals surface area (Å²) in [7, 11) is 3.19. The molecule has 11 heteroatoms. The maximum Gasteiger partial charge on any atom is 0.475 e. The van der Waals surface area contributed by atoms with E-state index in [2.05, 4.69) is 4.98 Å². The third kappa shape index (κ3) is 4.83. The molecule has 2 unspecified atom stereocenters. The first-order valence-electron chi connectivity index (χ1n) is 12.3. The van der Waals surface area contributed by atoms with Gasteiger partial charge in [-0.15, -0.1) is 11.6 Å². The van der Waals surface area contributed by atoms with Gasteiger partial charge in [-0.2, -0.15) is 0 Å². The summed E-state index contributed by atoms with van der Waals surface area (Å²) in [6, 6.07) is 19.6. The fourth-order valence-corrected chi connectivity index (χ4v) is 5.98. The van der Waals surface area contributed by atoms with Gasteiger partial charge in [-0.05, 0) is 51.7 Å². The molecule has 4 aromatic rings. The summed E-state index contributed by atoms with van der Waals surface area (Å²) in [5.74, 6) is -3.92. The van der Waals surface area contributed by atoms with Crippen molar-refractivity contribution in [3.05, 3.63) is 123 Å². The monoisotopic (exact) mass is 610 g/mol. The molecule has 5 rings (SSSR count). The van der Waals surface area contributed by atoms with E-state index in [-0.39, 0.29) is 11.6 Å². The molecule has 0 spiro atoms. The lowest BCUT2D eigenvalue weighted by Gasteiger charge is -2.36. The van der Waals surface area contributed by atoms with E-state index in [4.69, 9.17) is 39.6 Å². The Morgan fingerprint density at radius 3 is 2.34 bits per heavy atom. The molecule has 0 radical (unpaired) electrons. The largest absolute Gasteiger partial charge is 0.475 e. The number of alkyl halides is 1. The van der Waals surface area contributed by atoms with Crippen molar-refractivity contribution in [2.24, 2.45) is 7.05 Å². The Kier molecular flexibility index (Phi) is 7.52. The van der Waals surface area contributed by atoms with Gasteiger partial charge in [0, 0.05) is 46.4 Å². The molecule has 1 N–H and O–H groups in total. The van der Waals surface area contributed by atoms with Crippen LogP contribution in [0, 0.1) is 0 Å². The fourth-order valence-electron chi connectivity index (χ4n) is 5.21. The normalized spacial score (nSPS) is 17.8. The maximum atomic E-state index is 13.5. The van der Waals surface area contributed by atoms with E-state index in [1.54, 1.807) is 61.1 Å². The van der Waals surface area contributed by atoms with Crippen LogP contribution >= 0.6 is 34.8 Å². The second-order valence-corrected chi connectivity index (χ2v) is 10.8. The van der Waals surface area contributed by atoms with Crippen LogP contribution in [-0.2, 0) is 31.7 Å². The molecule has 1 aliphatic heterocycles. The molecule has 1 amide bonds. The molecule has 3 aromatic carbocycles. The summed E-state index contributed by atoms with van der Waals surface area (Å²) in [5.41, 5.74) is 3.40. The predicted molar refractivity (Wildman–Crippen MR) is 157 cm³/mol. The number of amides is 1. The first-order chi connectivity index (χ1) is 19.5. The fraction of sp³-hybridized carbons (Fsp3) is 0.133. The number of aryl methyl sites for hydroxylation is 1. The number of benzene rings is 3. The van der Waals surface area contributed by atoms with Gasteiger partial charge in [0.15, 0.2) is 5.69 Å². The molecule has 1 aliphatic rings. The number of hydrogen-bond acceptors (Lipinski definition) is 5. The third-order valence-corrected chi connectivity index (χ3v) is 8.18. The summed E-state index contributed by atoms with van der Waals surface area (Å²) in [4.78, 5) is 46.6. The molecule has 1 aromatic heterocycles. The lowest BCUT2D eigenvalue weighted by atomic mass is 9.72. The van der Waals surface area contributed by atoms with E-state index in [0.717, 1.165) is 16.8 Å². The zero-order valence-electron chi connectivity index (χ0n) is 21.8. The van der Waals surface area contributed by atoms with Gasteiger partial charge in [-0.1, -0.05) is 53.5 Å². The number of carboxylic acid groups (broad SMARTS) is 1. The number of hydrogen-bond donors (Lipinski definition) is 1. The van der Waals surface area contributed by atoms with Gasteiger partial charge in [-0.25, -0.2) is 19.4 Å². The highest BCUT2D eigenvalue weighted by Crippen LogP contribution is 2.46. The number of imidazole rings is 1. The van der Waals surface area contributed by atoms with Crippen molar-refractivity contribution in [3.8, 4) is 0 Å². The van der Waals surface area contributed by atoms with Crippen LogP contribution in [0.5, 0.6) is 0 Å². The van der Waals surface area contributed by atoms with Crippen molar-refractivity contribution in [2.75, 3.05) is 12.9 Å². The van der Waals surface area contributed by atoms with Crippen molar-refractivity contribution >= 4 is 63.9 Å². The SMILES string of the molecule is Cn1cncc1C(CCl)(c1ccc(Cl)cc1)c1ccc2c(c1)C(c1cccc(Cl)c1)=CC(=O)[N+]2(C)OC(=O)C(=O)O. The van der Waals surface area contributed by atoms with Crippen molar-refractivity contribution in [1.29, 1.82) is 0 Å². The highest BCUT2D eigenvalue weighted by molar-refractivity contribution is 6.31. The van der Waals surface area contributed by atoms with Crippen molar-refractivity contribution in [3.63, 3.8) is 0 Å². The minimum Gasteiger partial charge on any atom is -0.473 e. The molecule has 0 fully saturated rings. The van der Waals surface area contributed by atoms with Crippen LogP contribution in [0.2, 0.25) is 10.0 Å². The van der Waals surface area contributed by atoms with E-state index >= 15 is 0 Å². The lowest BCUT2D eigenvalue weighted by Crippen LogP contribution is -2.54. The molecule has 208 valence electrons. The smallest absolute Gasteiger partial charge is 0.473 e. The molecular weight excluding hydrogens is 589 g/mol. The topological polar surface area (TPSA) is 98.5 Å². The number of likely N-dealkylation sites (N-methyl/N-ethyl adjacent to an activating group) is 1. The van der Waals surface area contributed by atoms with E-state index in [1.807, 2.05) is 29.8 Å². The summed E-state index contributed by atoms with van der Waals surface area (Å²) in [5, 5.41) is 10.2. The highest BCUT2D eigenvalue weighted by atomic mass is 35.5. The summed E-state index contributed by atoms with van der Waals surface area (Å²) < 4.78 is 0.841. The van der Waals surface area contributed by atoms with Crippen LogP contribution < -0.4 is 4.65 Å². The number of hydroxylamine groups is 2. The lowest BCUT2D eigenvalue weighted by molar-refractivity contribution is -0.192. The first-order valence-corrected chi connectivity index (χ1v) is 13.6. The summed E-state index contributed by atoms with van der Waals surface area (Å²) in [6.07, 6.45) is 4.74.